The SMILES string of the molecule is C/C=C/CCc1ccc(-c2ccc(C3CCC(OCCC)CC3)c(F)c2)cc1. The number of aryl methyl sites for hydroxylation is 1. The Labute approximate surface area is 169 Å². The maximum atomic E-state index is 14.9. The molecule has 2 aromatic carbocycles. The van der Waals surface area contributed by atoms with Crippen LogP contribution in [0.15, 0.2) is 54.6 Å². The van der Waals surface area contributed by atoms with Gasteiger partial charge in [0.15, 0.2) is 0 Å². The van der Waals surface area contributed by atoms with Gasteiger partial charge < -0.3 is 4.74 Å². The van der Waals surface area contributed by atoms with Crippen LogP contribution in [0.25, 0.3) is 11.1 Å². The zero-order valence-electron chi connectivity index (χ0n) is 17.3. The summed E-state index contributed by atoms with van der Waals surface area (Å²) in [6.45, 7) is 5.03. The van der Waals surface area contributed by atoms with Crippen LogP contribution in [0.3, 0.4) is 0 Å². The van der Waals surface area contributed by atoms with Gasteiger partial charge in [0, 0.05) is 6.61 Å². The first-order valence-electron chi connectivity index (χ1n) is 10.8. The van der Waals surface area contributed by atoms with Crippen molar-refractivity contribution in [1.29, 1.82) is 0 Å². The maximum Gasteiger partial charge on any atom is 0.127 e. The molecule has 1 nitrogen and oxygen atoms in total. The fraction of sp³-hybridized carbons (Fsp3) is 0.462. The third-order valence-electron chi connectivity index (χ3n) is 5.79. The van der Waals surface area contributed by atoms with Crippen molar-refractivity contribution in [1.82, 2.24) is 0 Å². The molecule has 0 unspecified atom stereocenters. The highest BCUT2D eigenvalue weighted by atomic mass is 19.1. The summed E-state index contributed by atoms with van der Waals surface area (Å²) in [6.07, 6.45) is 11.9. The van der Waals surface area contributed by atoms with Gasteiger partial charge >= 0.3 is 0 Å². The van der Waals surface area contributed by atoms with Gasteiger partial charge in [-0.1, -0.05) is 55.5 Å². The zero-order valence-corrected chi connectivity index (χ0v) is 17.3. The Bertz CT molecular complexity index is 755. The monoisotopic (exact) mass is 380 g/mol. The summed E-state index contributed by atoms with van der Waals surface area (Å²) >= 11 is 0. The Morgan fingerprint density at radius 1 is 1.00 bits per heavy atom. The topological polar surface area (TPSA) is 9.23 Å². The summed E-state index contributed by atoms with van der Waals surface area (Å²) in [5, 5.41) is 0. The molecule has 0 saturated heterocycles. The average Bonchev–Trinajstić information content (AvgIpc) is 2.73. The highest BCUT2D eigenvalue weighted by Gasteiger charge is 2.24. The van der Waals surface area contributed by atoms with E-state index in [9.17, 15) is 4.39 Å². The highest BCUT2D eigenvalue weighted by molar-refractivity contribution is 5.64. The lowest BCUT2D eigenvalue weighted by Crippen LogP contribution is -2.21. The number of rotatable bonds is 8. The third kappa shape index (κ3) is 5.54. The van der Waals surface area contributed by atoms with E-state index in [4.69, 9.17) is 4.74 Å². The quantitative estimate of drug-likeness (QED) is 0.432. The van der Waals surface area contributed by atoms with E-state index in [2.05, 4.69) is 49.4 Å². The molecular formula is C26H33FO. The number of benzene rings is 2. The van der Waals surface area contributed by atoms with E-state index < -0.39 is 0 Å². The van der Waals surface area contributed by atoms with Crippen molar-refractivity contribution in [3.8, 4) is 11.1 Å². The molecule has 150 valence electrons. The van der Waals surface area contributed by atoms with Crippen molar-refractivity contribution in [2.24, 2.45) is 0 Å². The normalized spacial score (nSPS) is 20.0. The van der Waals surface area contributed by atoms with Crippen LogP contribution in [0, 0.1) is 5.82 Å². The van der Waals surface area contributed by atoms with E-state index in [1.54, 1.807) is 6.07 Å². The van der Waals surface area contributed by atoms with Gasteiger partial charge in [0.1, 0.15) is 5.82 Å². The second-order valence-electron chi connectivity index (χ2n) is 7.89. The number of hydrogen-bond acceptors (Lipinski definition) is 1. The molecule has 0 amide bonds. The Morgan fingerprint density at radius 2 is 1.71 bits per heavy atom. The Balaban J connectivity index is 1.62. The molecule has 0 bridgehead atoms. The van der Waals surface area contributed by atoms with Crippen molar-refractivity contribution >= 4 is 0 Å². The van der Waals surface area contributed by atoms with Crippen LogP contribution >= 0.6 is 0 Å². The summed E-state index contributed by atoms with van der Waals surface area (Å²) in [4.78, 5) is 0. The summed E-state index contributed by atoms with van der Waals surface area (Å²) in [6, 6.07) is 14.3. The first-order valence-corrected chi connectivity index (χ1v) is 10.8. The first kappa shape index (κ1) is 20.8. The summed E-state index contributed by atoms with van der Waals surface area (Å²) in [5.41, 5.74) is 4.24. The fourth-order valence-corrected chi connectivity index (χ4v) is 4.14. The highest BCUT2D eigenvalue weighted by Crippen LogP contribution is 2.36. The lowest BCUT2D eigenvalue weighted by atomic mass is 9.82. The predicted molar refractivity (Wildman–Crippen MR) is 116 cm³/mol. The van der Waals surface area contributed by atoms with Crippen molar-refractivity contribution < 1.29 is 9.13 Å². The maximum absolute atomic E-state index is 14.9. The van der Waals surface area contributed by atoms with Crippen LogP contribution in [-0.4, -0.2) is 12.7 Å². The van der Waals surface area contributed by atoms with Gasteiger partial charge in [-0.25, -0.2) is 4.39 Å². The fourth-order valence-electron chi connectivity index (χ4n) is 4.14. The Morgan fingerprint density at radius 3 is 2.36 bits per heavy atom. The lowest BCUT2D eigenvalue weighted by Gasteiger charge is -2.29. The number of ether oxygens (including phenoxy) is 1. The molecule has 0 atom stereocenters. The van der Waals surface area contributed by atoms with Gasteiger partial charge in [0.2, 0.25) is 0 Å². The van der Waals surface area contributed by atoms with Crippen molar-refractivity contribution in [3.63, 3.8) is 0 Å². The molecule has 3 rings (SSSR count). The van der Waals surface area contributed by atoms with E-state index in [0.717, 1.165) is 68.2 Å². The molecule has 1 aliphatic rings. The molecule has 0 N–H and O–H groups in total. The van der Waals surface area contributed by atoms with Crippen molar-refractivity contribution in [2.45, 2.75) is 70.8 Å². The molecule has 0 radical (unpaired) electrons. The molecule has 0 spiro atoms. The van der Waals surface area contributed by atoms with Crippen molar-refractivity contribution in [2.75, 3.05) is 6.61 Å². The van der Waals surface area contributed by atoms with Gasteiger partial charge in [-0.15, -0.1) is 0 Å². The van der Waals surface area contributed by atoms with Crippen LogP contribution in [0.2, 0.25) is 0 Å². The van der Waals surface area contributed by atoms with E-state index in [1.165, 1.54) is 5.56 Å². The van der Waals surface area contributed by atoms with Gasteiger partial charge in [-0.3, -0.25) is 0 Å². The van der Waals surface area contributed by atoms with Gasteiger partial charge in [-0.05, 0) is 86.1 Å². The standard InChI is InChI=1S/C26H33FO/c1-3-5-6-7-20-8-10-21(11-9-20)23-14-17-25(26(27)19-23)22-12-15-24(16-13-22)28-18-4-2/h3,5,8-11,14,17,19,22,24H,4,6-7,12-13,15-16,18H2,1-2H3/b5-3+. The van der Waals surface area contributed by atoms with E-state index in [1.807, 2.05) is 13.0 Å². The molecule has 0 aromatic heterocycles. The van der Waals surface area contributed by atoms with Gasteiger partial charge in [-0.2, -0.15) is 0 Å². The van der Waals surface area contributed by atoms with E-state index in [0.29, 0.717) is 12.0 Å². The summed E-state index contributed by atoms with van der Waals surface area (Å²) in [5.74, 6) is 0.261. The number of allylic oxidation sites excluding steroid dienone is 2. The smallest absolute Gasteiger partial charge is 0.127 e. The minimum absolute atomic E-state index is 0.0624. The second-order valence-corrected chi connectivity index (χ2v) is 7.89. The molecule has 2 heteroatoms. The summed E-state index contributed by atoms with van der Waals surface area (Å²) < 4.78 is 20.7. The van der Waals surface area contributed by atoms with Crippen LogP contribution in [-0.2, 0) is 11.2 Å². The van der Waals surface area contributed by atoms with Gasteiger partial charge in [0.05, 0.1) is 6.10 Å². The largest absolute Gasteiger partial charge is 0.378 e. The molecule has 0 heterocycles. The van der Waals surface area contributed by atoms with Crippen LogP contribution in [0.4, 0.5) is 4.39 Å². The molecule has 0 aliphatic heterocycles. The number of halogens is 1. The van der Waals surface area contributed by atoms with Crippen LogP contribution < -0.4 is 0 Å². The second kappa shape index (κ2) is 10.6. The Kier molecular flexibility index (Phi) is 7.85. The molecule has 2 aromatic rings. The number of hydrogen-bond donors (Lipinski definition) is 0. The molecule has 1 aliphatic carbocycles. The van der Waals surface area contributed by atoms with E-state index in [-0.39, 0.29) is 5.82 Å². The van der Waals surface area contributed by atoms with Crippen LogP contribution in [0.5, 0.6) is 0 Å². The van der Waals surface area contributed by atoms with Crippen molar-refractivity contribution in [3.05, 3.63) is 71.6 Å². The third-order valence-corrected chi connectivity index (χ3v) is 5.79. The van der Waals surface area contributed by atoms with E-state index >= 15 is 0 Å². The van der Waals surface area contributed by atoms with Gasteiger partial charge in [0.25, 0.3) is 0 Å². The van der Waals surface area contributed by atoms with Crippen LogP contribution in [0.1, 0.15) is 69.4 Å². The molecule has 1 fully saturated rings. The molecule has 28 heavy (non-hydrogen) atoms. The summed E-state index contributed by atoms with van der Waals surface area (Å²) in [7, 11) is 0. The lowest BCUT2D eigenvalue weighted by molar-refractivity contribution is 0.0249. The minimum atomic E-state index is -0.0624. The minimum Gasteiger partial charge on any atom is -0.378 e. The average molecular weight is 381 g/mol. The predicted octanol–water partition coefficient (Wildman–Crippen LogP) is 7.45. The molecule has 1 saturated carbocycles. The first-order chi connectivity index (χ1) is 13.7. The molecular weight excluding hydrogens is 347 g/mol. The zero-order chi connectivity index (χ0) is 19.8. The Hall–Kier alpha value is -1.93.